The van der Waals surface area contributed by atoms with Crippen molar-refractivity contribution >= 4 is 17.6 Å². The normalized spacial score (nSPS) is 17.7. The fourth-order valence-electron chi connectivity index (χ4n) is 6.85. The minimum absolute atomic E-state index is 0.0966. The molecule has 0 N–H and O–H groups in total. The average Bonchev–Trinajstić information content (AvgIpc) is 3.46. The van der Waals surface area contributed by atoms with Gasteiger partial charge in [0.25, 0.3) is 11.7 Å². The fourth-order valence-corrected chi connectivity index (χ4v) is 6.85. The largest absolute Gasteiger partial charge is 0.493 e. The maximum absolute atomic E-state index is 13.9. The summed E-state index contributed by atoms with van der Waals surface area (Å²) < 4.78 is 27.0. The molecule has 5 rings (SSSR count). The van der Waals surface area contributed by atoms with E-state index in [0.717, 1.165) is 31.2 Å². The molecule has 2 aliphatic rings. The van der Waals surface area contributed by atoms with Gasteiger partial charge in [0, 0.05) is 18.7 Å². The van der Waals surface area contributed by atoms with Crippen molar-refractivity contribution in [2.75, 3.05) is 48.6 Å². The van der Waals surface area contributed by atoms with Gasteiger partial charge in [-0.1, -0.05) is 36.4 Å². The summed E-state index contributed by atoms with van der Waals surface area (Å²) in [6.45, 7) is 0.997. The molecule has 3 aromatic rings. The van der Waals surface area contributed by atoms with Crippen molar-refractivity contribution in [3.8, 4) is 28.7 Å². The molecule has 47 heavy (non-hydrogen) atoms. The molecule has 1 unspecified atom stereocenters. The molecule has 2 aliphatic heterocycles. The second-order valence-corrected chi connectivity index (χ2v) is 12.1. The Labute approximate surface area is 276 Å². The Hall–Kier alpha value is -4.73. The summed E-state index contributed by atoms with van der Waals surface area (Å²) >= 11 is 0. The van der Waals surface area contributed by atoms with Crippen molar-refractivity contribution in [1.82, 2.24) is 9.80 Å². The number of benzene rings is 3. The van der Waals surface area contributed by atoms with Crippen LogP contribution in [0.15, 0.2) is 60.7 Å². The molecule has 10 heteroatoms. The lowest BCUT2D eigenvalue weighted by Gasteiger charge is -2.41. The van der Waals surface area contributed by atoms with E-state index in [9.17, 15) is 14.4 Å². The van der Waals surface area contributed by atoms with Crippen molar-refractivity contribution in [3.63, 3.8) is 0 Å². The van der Waals surface area contributed by atoms with Gasteiger partial charge in [0.15, 0.2) is 23.0 Å². The smallest absolute Gasteiger partial charge is 0.295 e. The zero-order valence-electron chi connectivity index (χ0n) is 27.8. The highest BCUT2D eigenvalue weighted by molar-refractivity contribution is 6.43. The first kappa shape index (κ1) is 33.6. The molecule has 2 fully saturated rings. The summed E-state index contributed by atoms with van der Waals surface area (Å²) in [5.74, 6) is 1.01. The highest BCUT2D eigenvalue weighted by atomic mass is 16.5. The van der Waals surface area contributed by atoms with E-state index in [1.54, 1.807) is 14.2 Å². The summed E-state index contributed by atoms with van der Waals surface area (Å²) in [5.41, 5.74) is 2.52. The Morgan fingerprint density at radius 3 is 2.00 bits per heavy atom. The Balaban J connectivity index is 1.30. The SMILES string of the molecule is COc1ccc(CCC(CCc2ccccc2)CN2C[C@H]3CC[C@@H](C2=O)N3C(=O)C(=O)c2cc(OC)c(OC)c(OC)c2)cc1OC. The number of ketones is 1. The monoisotopic (exact) mass is 644 g/mol. The van der Waals surface area contributed by atoms with Gasteiger partial charge in [-0.2, -0.15) is 0 Å². The average molecular weight is 645 g/mol. The molecule has 0 aliphatic carbocycles. The molecule has 3 atom stereocenters. The van der Waals surface area contributed by atoms with E-state index in [-0.39, 0.29) is 34.9 Å². The summed E-state index contributed by atoms with van der Waals surface area (Å²) in [6.07, 6.45) is 4.72. The van der Waals surface area contributed by atoms with Gasteiger partial charge in [-0.15, -0.1) is 0 Å². The van der Waals surface area contributed by atoms with Gasteiger partial charge in [0.1, 0.15) is 6.04 Å². The van der Waals surface area contributed by atoms with Gasteiger partial charge in [-0.3, -0.25) is 14.4 Å². The van der Waals surface area contributed by atoms with Crippen LogP contribution in [0.1, 0.15) is 47.2 Å². The van der Waals surface area contributed by atoms with Crippen LogP contribution in [0.25, 0.3) is 0 Å². The number of amides is 2. The van der Waals surface area contributed by atoms with Gasteiger partial charge in [0.2, 0.25) is 11.7 Å². The second-order valence-electron chi connectivity index (χ2n) is 12.1. The van der Waals surface area contributed by atoms with E-state index >= 15 is 0 Å². The third-order valence-corrected chi connectivity index (χ3v) is 9.34. The van der Waals surface area contributed by atoms with Crippen molar-refractivity contribution in [2.24, 2.45) is 5.92 Å². The summed E-state index contributed by atoms with van der Waals surface area (Å²) in [6, 6.07) is 18.4. The first-order valence-electron chi connectivity index (χ1n) is 16.0. The van der Waals surface area contributed by atoms with Gasteiger partial charge in [-0.25, -0.2) is 0 Å². The van der Waals surface area contributed by atoms with E-state index < -0.39 is 17.7 Å². The second kappa shape index (κ2) is 15.2. The molecule has 2 amide bonds. The molecule has 0 saturated carbocycles. The Morgan fingerprint density at radius 2 is 1.38 bits per heavy atom. The predicted octanol–water partition coefficient (Wildman–Crippen LogP) is 5.00. The molecule has 2 heterocycles. The third kappa shape index (κ3) is 7.32. The number of carbonyl (C=O) groups excluding carboxylic acids is 3. The zero-order chi connectivity index (χ0) is 33.5. The summed E-state index contributed by atoms with van der Waals surface area (Å²) in [7, 11) is 7.63. The van der Waals surface area contributed by atoms with Crippen molar-refractivity contribution < 1.29 is 38.1 Å². The van der Waals surface area contributed by atoms with Gasteiger partial charge in [0.05, 0.1) is 41.6 Å². The number of Topliss-reactive ketones (excluding diaryl/α,β-unsaturated/α-hetero) is 1. The highest BCUT2D eigenvalue weighted by Gasteiger charge is 2.49. The van der Waals surface area contributed by atoms with E-state index in [0.29, 0.717) is 43.2 Å². The molecular weight excluding hydrogens is 600 g/mol. The Kier molecular flexibility index (Phi) is 10.9. The Bertz CT molecular complexity index is 1550. The van der Waals surface area contributed by atoms with Gasteiger partial charge >= 0.3 is 0 Å². The first-order valence-corrected chi connectivity index (χ1v) is 16.0. The third-order valence-electron chi connectivity index (χ3n) is 9.34. The number of rotatable bonds is 15. The van der Waals surface area contributed by atoms with E-state index in [4.69, 9.17) is 23.7 Å². The van der Waals surface area contributed by atoms with E-state index in [2.05, 4.69) is 18.2 Å². The van der Waals surface area contributed by atoms with E-state index in [1.807, 2.05) is 35.2 Å². The summed E-state index contributed by atoms with van der Waals surface area (Å²) in [4.78, 5) is 44.5. The number of hydrogen-bond donors (Lipinski definition) is 0. The fraction of sp³-hybridized carbons (Fsp3) is 0.432. The molecule has 2 bridgehead atoms. The first-order chi connectivity index (χ1) is 22.8. The van der Waals surface area contributed by atoms with Crippen LogP contribution >= 0.6 is 0 Å². The standard InChI is InChI=1S/C37H44N2O8/c1-43-30-18-15-25(19-31(30)44-2)12-14-26(13-11-24-9-7-6-8-10-24)22-38-23-28-16-17-29(36(38)41)39(28)37(42)34(40)27-20-32(45-3)35(47-5)33(21-27)46-4/h6-10,15,18-21,26,28-29H,11-14,16-17,22-23H2,1-5H3/t26?,28-,29+/m1/s1. The van der Waals surface area contributed by atoms with Crippen LogP contribution < -0.4 is 23.7 Å². The molecule has 3 aromatic carbocycles. The van der Waals surface area contributed by atoms with Crippen LogP contribution in [0, 0.1) is 5.92 Å². The molecule has 10 nitrogen and oxygen atoms in total. The van der Waals surface area contributed by atoms with Crippen LogP contribution in [0.5, 0.6) is 28.7 Å². The topological polar surface area (TPSA) is 104 Å². The lowest BCUT2D eigenvalue weighted by atomic mass is 9.92. The molecule has 0 spiro atoms. The van der Waals surface area contributed by atoms with Gasteiger partial charge < -0.3 is 33.5 Å². The minimum atomic E-state index is -0.710. The van der Waals surface area contributed by atoms with Crippen LogP contribution in [0.4, 0.5) is 0 Å². The molecule has 0 radical (unpaired) electrons. The van der Waals surface area contributed by atoms with Crippen molar-refractivity contribution in [3.05, 3.63) is 77.4 Å². The lowest BCUT2D eigenvalue weighted by Crippen LogP contribution is -2.60. The maximum Gasteiger partial charge on any atom is 0.295 e. The lowest BCUT2D eigenvalue weighted by molar-refractivity contribution is -0.149. The van der Waals surface area contributed by atoms with E-state index in [1.165, 1.54) is 43.9 Å². The van der Waals surface area contributed by atoms with Crippen molar-refractivity contribution in [1.29, 1.82) is 0 Å². The van der Waals surface area contributed by atoms with Crippen LogP contribution in [0.3, 0.4) is 0 Å². The van der Waals surface area contributed by atoms with Crippen LogP contribution in [0.2, 0.25) is 0 Å². The van der Waals surface area contributed by atoms with Crippen LogP contribution in [-0.4, -0.2) is 88.1 Å². The number of hydrogen-bond acceptors (Lipinski definition) is 8. The number of methoxy groups -OCH3 is 5. The number of aryl methyl sites for hydroxylation is 2. The minimum Gasteiger partial charge on any atom is -0.493 e. The van der Waals surface area contributed by atoms with Crippen molar-refractivity contribution in [2.45, 2.75) is 50.6 Å². The number of nitrogens with zero attached hydrogens (tertiary/aromatic N) is 2. The number of likely N-dealkylation sites (tertiary alicyclic amines) is 1. The molecule has 2 saturated heterocycles. The number of fused-ring (bicyclic) bond motifs is 2. The zero-order valence-corrected chi connectivity index (χ0v) is 27.8. The van der Waals surface area contributed by atoms with Gasteiger partial charge in [-0.05, 0) is 79.8 Å². The molecule has 0 aromatic heterocycles. The maximum atomic E-state index is 13.9. The summed E-state index contributed by atoms with van der Waals surface area (Å²) in [5, 5.41) is 0. The molecule has 250 valence electrons. The highest BCUT2D eigenvalue weighted by Crippen LogP contribution is 2.39. The number of piperazine rings is 1. The Morgan fingerprint density at radius 1 is 0.745 bits per heavy atom. The quantitative estimate of drug-likeness (QED) is 0.168. The number of carbonyl (C=O) groups is 3. The predicted molar refractivity (Wildman–Crippen MR) is 177 cm³/mol. The molecular formula is C37H44N2O8. The van der Waals surface area contributed by atoms with Crippen LogP contribution in [-0.2, 0) is 22.4 Å². The number of ether oxygens (including phenoxy) is 5.